The fourth-order valence-electron chi connectivity index (χ4n) is 3.30. The van der Waals surface area contributed by atoms with Crippen LogP contribution in [0.3, 0.4) is 0 Å². The molecular weight excluding hydrogens is 420 g/mol. The third kappa shape index (κ3) is 4.41. The number of aromatic nitrogens is 2. The standard InChI is InChI=1S/C21H20N4O5S/c26-19(15-2-4-16(5-3-15)24-13-1-12-22-24)14-23-31(29,30)18-8-6-17(7-9-18)25-20(27)10-11-21(25)28/h1-9,12-13,19,23,26H,10-11,14H2. The quantitative estimate of drug-likeness (QED) is 0.538. The average molecular weight is 440 g/mol. The molecule has 2 amide bonds. The predicted octanol–water partition coefficient (Wildman–Crippen LogP) is 1.54. The van der Waals surface area contributed by atoms with Gasteiger partial charge in [-0.2, -0.15) is 5.10 Å². The monoisotopic (exact) mass is 440 g/mol. The van der Waals surface area contributed by atoms with Gasteiger partial charge >= 0.3 is 0 Å². The van der Waals surface area contributed by atoms with Gasteiger partial charge in [-0.25, -0.2) is 17.8 Å². The van der Waals surface area contributed by atoms with Crippen molar-refractivity contribution >= 4 is 27.5 Å². The zero-order valence-corrected chi connectivity index (χ0v) is 17.2. The molecule has 1 fully saturated rings. The minimum absolute atomic E-state index is 0.0309. The Morgan fingerprint density at radius 1 is 0.968 bits per heavy atom. The molecule has 3 aromatic rings. The van der Waals surface area contributed by atoms with Crippen LogP contribution in [0.25, 0.3) is 5.69 Å². The van der Waals surface area contributed by atoms with Crippen LogP contribution in [0.1, 0.15) is 24.5 Å². The third-order valence-electron chi connectivity index (χ3n) is 4.97. The summed E-state index contributed by atoms with van der Waals surface area (Å²) in [6.45, 7) is -0.214. The molecule has 1 aliphatic rings. The molecule has 31 heavy (non-hydrogen) atoms. The number of hydrogen-bond acceptors (Lipinski definition) is 6. The second-order valence-corrected chi connectivity index (χ2v) is 8.79. The van der Waals surface area contributed by atoms with Crippen molar-refractivity contribution in [1.29, 1.82) is 0 Å². The van der Waals surface area contributed by atoms with E-state index in [0.29, 0.717) is 11.3 Å². The predicted molar refractivity (Wildman–Crippen MR) is 112 cm³/mol. The first-order valence-corrected chi connectivity index (χ1v) is 11.1. The molecule has 160 valence electrons. The molecular formula is C21H20N4O5S. The van der Waals surface area contributed by atoms with Gasteiger partial charge in [0.05, 0.1) is 22.4 Å². The Kier molecular flexibility index (Phi) is 5.68. The highest BCUT2D eigenvalue weighted by Gasteiger charge is 2.30. The van der Waals surface area contributed by atoms with Crippen molar-refractivity contribution in [3.8, 4) is 5.69 Å². The number of hydrogen-bond donors (Lipinski definition) is 2. The fraction of sp³-hybridized carbons (Fsp3) is 0.190. The highest BCUT2D eigenvalue weighted by molar-refractivity contribution is 7.89. The number of rotatable bonds is 7. The second-order valence-electron chi connectivity index (χ2n) is 7.03. The molecule has 1 aromatic heterocycles. The van der Waals surface area contributed by atoms with E-state index in [1.807, 2.05) is 0 Å². The number of imide groups is 1. The topological polar surface area (TPSA) is 122 Å². The molecule has 9 nitrogen and oxygen atoms in total. The van der Waals surface area contributed by atoms with E-state index in [2.05, 4.69) is 9.82 Å². The van der Waals surface area contributed by atoms with Gasteiger partial charge in [-0.3, -0.25) is 14.5 Å². The molecule has 2 heterocycles. The van der Waals surface area contributed by atoms with Gasteiger partial charge in [0, 0.05) is 31.8 Å². The molecule has 0 spiro atoms. The van der Waals surface area contributed by atoms with E-state index in [9.17, 15) is 23.1 Å². The zero-order valence-electron chi connectivity index (χ0n) is 16.4. The lowest BCUT2D eigenvalue weighted by Crippen LogP contribution is -2.29. The van der Waals surface area contributed by atoms with Gasteiger partial charge in [-0.1, -0.05) is 12.1 Å². The van der Waals surface area contributed by atoms with Crippen molar-refractivity contribution in [3.63, 3.8) is 0 Å². The molecule has 1 saturated heterocycles. The molecule has 10 heteroatoms. The lowest BCUT2D eigenvalue weighted by molar-refractivity contribution is -0.121. The molecule has 2 N–H and O–H groups in total. The molecule has 0 saturated carbocycles. The van der Waals surface area contributed by atoms with E-state index in [1.165, 1.54) is 24.3 Å². The van der Waals surface area contributed by atoms with Crippen molar-refractivity contribution in [1.82, 2.24) is 14.5 Å². The second kappa shape index (κ2) is 8.42. The summed E-state index contributed by atoms with van der Waals surface area (Å²) >= 11 is 0. The number of carbonyl (C=O) groups excluding carboxylic acids is 2. The van der Waals surface area contributed by atoms with E-state index in [1.54, 1.807) is 47.4 Å². The number of benzene rings is 2. The number of amides is 2. The third-order valence-corrected chi connectivity index (χ3v) is 6.41. The summed E-state index contributed by atoms with van der Waals surface area (Å²) in [4.78, 5) is 24.6. The summed E-state index contributed by atoms with van der Waals surface area (Å²) in [6.07, 6.45) is 2.72. The lowest BCUT2D eigenvalue weighted by atomic mass is 10.1. The minimum Gasteiger partial charge on any atom is -0.387 e. The van der Waals surface area contributed by atoms with Crippen LogP contribution in [0.5, 0.6) is 0 Å². The van der Waals surface area contributed by atoms with Crippen LogP contribution >= 0.6 is 0 Å². The zero-order chi connectivity index (χ0) is 22.0. The van der Waals surface area contributed by atoms with Crippen molar-refractivity contribution in [2.75, 3.05) is 11.4 Å². The van der Waals surface area contributed by atoms with Crippen LogP contribution in [0.4, 0.5) is 5.69 Å². The van der Waals surface area contributed by atoms with Crippen LogP contribution < -0.4 is 9.62 Å². The van der Waals surface area contributed by atoms with Gasteiger partial charge in [-0.15, -0.1) is 0 Å². The molecule has 0 radical (unpaired) electrons. The van der Waals surface area contributed by atoms with E-state index in [-0.39, 0.29) is 36.1 Å². The number of carbonyl (C=O) groups is 2. The molecule has 1 unspecified atom stereocenters. The van der Waals surface area contributed by atoms with Crippen LogP contribution in [-0.4, -0.2) is 41.7 Å². The number of nitrogens with zero attached hydrogens (tertiary/aromatic N) is 3. The summed E-state index contributed by atoms with van der Waals surface area (Å²) < 4.78 is 29.2. The first kappa shape index (κ1) is 20.9. The normalized spacial score (nSPS) is 15.5. The van der Waals surface area contributed by atoms with Gasteiger partial charge in [0.25, 0.3) is 0 Å². The molecule has 1 atom stereocenters. The maximum atomic E-state index is 12.6. The van der Waals surface area contributed by atoms with Gasteiger partial charge in [-0.05, 0) is 48.0 Å². The SMILES string of the molecule is O=C1CCC(=O)N1c1ccc(S(=O)(=O)NCC(O)c2ccc(-n3cccn3)cc2)cc1. The Hall–Kier alpha value is -3.34. The molecule has 0 bridgehead atoms. The summed E-state index contributed by atoms with van der Waals surface area (Å²) in [5.41, 5.74) is 1.71. The number of aliphatic hydroxyl groups is 1. The Morgan fingerprint density at radius 3 is 2.16 bits per heavy atom. The van der Waals surface area contributed by atoms with Crippen molar-refractivity contribution in [3.05, 3.63) is 72.6 Å². The smallest absolute Gasteiger partial charge is 0.240 e. The van der Waals surface area contributed by atoms with E-state index in [4.69, 9.17) is 0 Å². The first-order chi connectivity index (χ1) is 14.8. The highest BCUT2D eigenvalue weighted by Crippen LogP contribution is 2.24. The van der Waals surface area contributed by atoms with E-state index >= 15 is 0 Å². The van der Waals surface area contributed by atoms with Gasteiger partial charge in [0.2, 0.25) is 21.8 Å². The fourth-order valence-corrected chi connectivity index (χ4v) is 4.34. The Labute approximate surface area is 179 Å². The largest absolute Gasteiger partial charge is 0.387 e. The Morgan fingerprint density at radius 2 is 1.58 bits per heavy atom. The summed E-state index contributed by atoms with van der Waals surface area (Å²) in [6, 6.07) is 14.2. The Bertz CT molecular complexity index is 1170. The Balaban J connectivity index is 1.40. The first-order valence-electron chi connectivity index (χ1n) is 9.59. The molecule has 1 aliphatic heterocycles. The average Bonchev–Trinajstić information content (AvgIpc) is 3.42. The number of nitrogens with one attached hydrogen (secondary N) is 1. The van der Waals surface area contributed by atoms with Gasteiger partial charge in [0.15, 0.2) is 0 Å². The maximum Gasteiger partial charge on any atom is 0.240 e. The molecule has 2 aromatic carbocycles. The number of aliphatic hydroxyl groups excluding tert-OH is 1. The van der Waals surface area contributed by atoms with Crippen LogP contribution in [0.15, 0.2) is 71.9 Å². The molecule has 0 aliphatic carbocycles. The van der Waals surface area contributed by atoms with Crippen LogP contribution in [0, 0.1) is 0 Å². The lowest BCUT2D eigenvalue weighted by Gasteiger charge is -2.15. The van der Waals surface area contributed by atoms with Crippen LogP contribution in [-0.2, 0) is 19.6 Å². The maximum absolute atomic E-state index is 12.6. The summed E-state index contributed by atoms with van der Waals surface area (Å²) in [5.74, 6) is -0.610. The van der Waals surface area contributed by atoms with Crippen molar-refractivity contribution in [2.45, 2.75) is 23.8 Å². The van der Waals surface area contributed by atoms with Gasteiger partial charge < -0.3 is 5.11 Å². The van der Waals surface area contributed by atoms with Gasteiger partial charge in [0.1, 0.15) is 0 Å². The van der Waals surface area contributed by atoms with E-state index in [0.717, 1.165) is 10.6 Å². The van der Waals surface area contributed by atoms with Crippen molar-refractivity contribution < 1.29 is 23.1 Å². The number of sulfonamides is 1. The van der Waals surface area contributed by atoms with Crippen molar-refractivity contribution in [2.24, 2.45) is 0 Å². The number of anilines is 1. The highest BCUT2D eigenvalue weighted by atomic mass is 32.2. The van der Waals surface area contributed by atoms with E-state index < -0.39 is 16.1 Å². The minimum atomic E-state index is -3.89. The molecule has 4 rings (SSSR count). The summed E-state index contributed by atoms with van der Waals surface area (Å²) in [5, 5.41) is 14.5. The summed E-state index contributed by atoms with van der Waals surface area (Å²) in [7, 11) is -3.89. The van der Waals surface area contributed by atoms with Crippen LogP contribution in [0.2, 0.25) is 0 Å².